The van der Waals surface area contributed by atoms with Gasteiger partial charge in [0, 0.05) is 30.4 Å². The molecule has 0 spiro atoms. The lowest BCUT2D eigenvalue weighted by atomic mass is 9.84. The Bertz CT molecular complexity index is 460. The zero-order valence-corrected chi connectivity index (χ0v) is 14.2. The average Bonchev–Trinajstić information content (AvgIpc) is 2.46. The number of aliphatic hydroxyl groups excluding tert-OH is 1. The van der Waals surface area contributed by atoms with Gasteiger partial charge in [0.15, 0.2) is 0 Å². The van der Waals surface area contributed by atoms with Gasteiger partial charge in [0.05, 0.1) is 0 Å². The minimum absolute atomic E-state index is 0.0473. The molecule has 0 saturated heterocycles. The highest BCUT2D eigenvalue weighted by Crippen LogP contribution is 2.22. The standard InChI is InChI=1S/C16H25FN2O2S/c1-16(2,12-4-6-13(17)7-5-12)11-18-15(21)19-14(8-9-20)10-22-3/h4-7,14,20H,8-11H2,1-3H3,(H2,18,19,21). The molecule has 0 aromatic heterocycles. The lowest BCUT2D eigenvalue weighted by Gasteiger charge is -2.26. The molecule has 0 aliphatic carbocycles. The third-order valence-corrected chi connectivity index (χ3v) is 4.23. The number of urea groups is 1. The van der Waals surface area contributed by atoms with Crippen LogP contribution in [-0.2, 0) is 5.41 Å². The molecule has 4 nitrogen and oxygen atoms in total. The normalized spacial score (nSPS) is 12.8. The molecule has 0 radical (unpaired) electrons. The summed E-state index contributed by atoms with van der Waals surface area (Å²) < 4.78 is 13.0. The second-order valence-corrected chi connectivity index (χ2v) is 6.79. The Balaban J connectivity index is 2.52. The number of thioether (sulfide) groups is 1. The van der Waals surface area contributed by atoms with Crippen molar-refractivity contribution < 1.29 is 14.3 Å². The maximum absolute atomic E-state index is 13.0. The number of hydrogen-bond donors (Lipinski definition) is 3. The minimum atomic E-state index is -0.295. The van der Waals surface area contributed by atoms with Crippen molar-refractivity contribution in [2.45, 2.75) is 31.7 Å². The van der Waals surface area contributed by atoms with Gasteiger partial charge >= 0.3 is 6.03 Å². The molecule has 124 valence electrons. The van der Waals surface area contributed by atoms with E-state index >= 15 is 0 Å². The molecule has 22 heavy (non-hydrogen) atoms. The molecule has 2 amide bonds. The first-order valence-corrected chi connectivity index (χ1v) is 8.68. The molecule has 1 aromatic rings. The number of rotatable bonds is 8. The van der Waals surface area contributed by atoms with E-state index in [9.17, 15) is 9.18 Å². The van der Waals surface area contributed by atoms with Gasteiger partial charge in [0.1, 0.15) is 5.82 Å². The first-order valence-electron chi connectivity index (χ1n) is 7.29. The molecule has 0 saturated carbocycles. The number of halogens is 1. The minimum Gasteiger partial charge on any atom is -0.396 e. The largest absolute Gasteiger partial charge is 0.396 e. The summed E-state index contributed by atoms with van der Waals surface area (Å²) in [6, 6.07) is 6.02. The quantitative estimate of drug-likeness (QED) is 0.687. The molecular weight excluding hydrogens is 303 g/mol. The lowest BCUT2D eigenvalue weighted by molar-refractivity contribution is 0.229. The lowest BCUT2D eigenvalue weighted by Crippen LogP contribution is -2.47. The van der Waals surface area contributed by atoms with E-state index in [1.165, 1.54) is 12.1 Å². The van der Waals surface area contributed by atoms with Crippen LogP contribution in [0.1, 0.15) is 25.8 Å². The highest BCUT2D eigenvalue weighted by atomic mass is 32.2. The second-order valence-electron chi connectivity index (χ2n) is 5.88. The molecule has 1 unspecified atom stereocenters. The van der Waals surface area contributed by atoms with Crippen molar-refractivity contribution in [3.05, 3.63) is 35.6 Å². The van der Waals surface area contributed by atoms with E-state index in [-0.39, 0.29) is 29.9 Å². The predicted molar refractivity (Wildman–Crippen MR) is 89.8 cm³/mol. The first kappa shape index (κ1) is 18.8. The van der Waals surface area contributed by atoms with Crippen molar-refractivity contribution in [2.75, 3.05) is 25.2 Å². The molecule has 3 N–H and O–H groups in total. The monoisotopic (exact) mass is 328 g/mol. The molecule has 0 bridgehead atoms. The summed E-state index contributed by atoms with van der Waals surface area (Å²) in [5.41, 5.74) is 0.669. The second kappa shape index (κ2) is 9.00. The Hall–Kier alpha value is -1.27. The van der Waals surface area contributed by atoms with Crippen LogP contribution in [0.2, 0.25) is 0 Å². The number of carbonyl (C=O) groups is 1. The van der Waals surface area contributed by atoms with Crippen molar-refractivity contribution in [2.24, 2.45) is 0 Å². The fourth-order valence-corrected chi connectivity index (χ4v) is 2.75. The topological polar surface area (TPSA) is 61.4 Å². The number of hydrogen-bond acceptors (Lipinski definition) is 3. The van der Waals surface area contributed by atoms with Crippen molar-refractivity contribution in [3.8, 4) is 0 Å². The molecular formula is C16H25FN2O2S. The zero-order chi connectivity index (χ0) is 16.6. The summed E-state index contributed by atoms with van der Waals surface area (Å²) in [6.07, 6.45) is 2.50. The molecule has 1 aromatic carbocycles. The summed E-state index contributed by atoms with van der Waals surface area (Å²) in [5.74, 6) is 0.490. The van der Waals surface area contributed by atoms with Gasteiger partial charge in [-0.1, -0.05) is 26.0 Å². The van der Waals surface area contributed by atoms with Gasteiger partial charge in [-0.2, -0.15) is 11.8 Å². The molecule has 0 heterocycles. The van der Waals surface area contributed by atoms with E-state index in [4.69, 9.17) is 5.11 Å². The Kier molecular flexibility index (Phi) is 7.68. The Morgan fingerprint density at radius 2 is 2.00 bits per heavy atom. The fourth-order valence-electron chi connectivity index (χ4n) is 2.10. The summed E-state index contributed by atoms with van der Waals surface area (Å²) >= 11 is 1.62. The van der Waals surface area contributed by atoms with Gasteiger partial charge in [0.2, 0.25) is 0 Å². The Labute approximate surface area is 135 Å². The number of carbonyl (C=O) groups excluding carboxylic acids is 1. The van der Waals surface area contributed by atoms with Crippen LogP contribution in [0.15, 0.2) is 24.3 Å². The van der Waals surface area contributed by atoms with Crippen LogP contribution in [0.3, 0.4) is 0 Å². The molecule has 0 aliphatic heterocycles. The van der Waals surface area contributed by atoms with Crippen LogP contribution in [0, 0.1) is 5.82 Å². The summed E-state index contributed by atoms with van der Waals surface area (Å²) in [7, 11) is 0. The molecule has 0 fully saturated rings. The Morgan fingerprint density at radius 1 is 1.36 bits per heavy atom. The molecule has 1 rings (SSSR count). The van der Waals surface area contributed by atoms with E-state index in [0.717, 1.165) is 11.3 Å². The van der Waals surface area contributed by atoms with Gasteiger partial charge < -0.3 is 15.7 Å². The van der Waals surface area contributed by atoms with E-state index in [1.54, 1.807) is 23.9 Å². The molecule has 1 atom stereocenters. The van der Waals surface area contributed by atoms with Crippen molar-refractivity contribution in [1.29, 1.82) is 0 Å². The third kappa shape index (κ3) is 6.23. The fraction of sp³-hybridized carbons (Fsp3) is 0.562. The van der Waals surface area contributed by atoms with E-state index < -0.39 is 0 Å². The summed E-state index contributed by atoms with van der Waals surface area (Å²) in [5, 5.41) is 14.7. The van der Waals surface area contributed by atoms with Crippen molar-refractivity contribution in [3.63, 3.8) is 0 Å². The maximum Gasteiger partial charge on any atom is 0.315 e. The third-order valence-electron chi connectivity index (χ3n) is 3.50. The van der Waals surface area contributed by atoms with Crippen LogP contribution in [0.4, 0.5) is 9.18 Å². The van der Waals surface area contributed by atoms with E-state index in [1.807, 2.05) is 20.1 Å². The summed E-state index contributed by atoms with van der Waals surface area (Å²) in [6.45, 7) is 4.48. The molecule has 6 heteroatoms. The number of aliphatic hydroxyl groups is 1. The average molecular weight is 328 g/mol. The van der Waals surface area contributed by atoms with Gasteiger partial charge in [-0.3, -0.25) is 0 Å². The van der Waals surface area contributed by atoms with Crippen LogP contribution in [-0.4, -0.2) is 42.3 Å². The van der Waals surface area contributed by atoms with Gasteiger partial charge in [-0.25, -0.2) is 9.18 Å². The van der Waals surface area contributed by atoms with E-state index in [0.29, 0.717) is 13.0 Å². The van der Waals surface area contributed by atoms with Gasteiger partial charge in [-0.15, -0.1) is 0 Å². The van der Waals surface area contributed by atoms with Crippen LogP contribution < -0.4 is 10.6 Å². The van der Waals surface area contributed by atoms with Gasteiger partial charge in [0.25, 0.3) is 0 Å². The first-order chi connectivity index (χ1) is 10.4. The zero-order valence-electron chi connectivity index (χ0n) is 13.4. The van der Waals surface area contributed by atoms with Crippen molar-refractivity contribution in [1.82, 2.24) is 10.6 Å². The predicted octanol–water partition coefficient (Wildman–Crippen LogP) is 2.52. The maximum atomic E-state index is 13.0. The van der Waals surface area contributed by atoms with Crippen LogP contribution in [0.25, 0.3) is 0 Å². The molecule has 0 aliphatic rings. The number of benzene rings is 1. The Morgan fingerprint density at radius 3 is 2.55 bits per heavy atom. The highest BCUT2D eigenvalue weighted by Gasteiger charge is 2.22. The van der Waals surface area contributed by atoms with Crippen molar-refractivity contribution >= 4 is 17.8 Å². The van der Waals surface area contributed by atoms with Gasteiger partial charge in [-0.05, 0) is 30.4 Å². The van der Waals surface area contributed by atoms with E-state index in [2.05, 4.69) is 10.6 Å². The van der Waals surface area contributed by atoms with Crippen LogP contribution >= 0.6 is 11.8 Å². The van der Waals surface area contributed by atoms with Crippen LogP contribution in [0.5, 0.6) is 0 Å². The SMILES string of the molecule is CSCC(CCO)NC(=O)NCC(C)(C)c1ccc(F)cc1. The number of amides is 2. The smallest absolute Gasteiger partial charge is 0.315 e. The highest BCUT2D eigenvalue weighted by molar-refractivity contribution is 7.98. The number of nitrogens with one attached hydrogen (secondary N) is 2. The summed E-state index contributed by atoms with van der Waals surface area (Å²) in [4.78, 5) is 12.0.